The largest absolute Gasteiger partial charge is 0.326 e. The van der Waals surface area contributed by atoms with Gasteiger partial charge in [0, 0.05) is 18.7 Å². The first-order valence-corrected chi connectivity index (χ1v) is 7.66. The van der Waals surface area contributed by atoms with Gasteiger partial charge in [-0.25, -0.2) is 0 Å². The molecule has 0 saturated carbocycles. The quantitative estimate of drug-likeness (QED) is 0.784. The van der Waals surface area contributed by atoms with E-state index in [1.165, 1.54) is 0 Å². The van der Waals surface area contributed by atoms with Crippen molar-refractivity contribution in [2.75, 3.05) is 25.0 Å². The Balaban J connectivity index is 2.51. The Hall–Kier alpha value is -1.35. The van der Waals surface area contributed by atoms with Gasteiger partial charge in [0.2, 0.25) is 5.91 Å². The van der Waals surface area contributed by atoms with Crippen LogP contribution < -0.4 is 5.32 Å². The van der Waals surface area contributed by atoms with Crippen molar-refractivity contribution in [3.05, 3.63) is 29.3 Å². The lowest BCUT2D eigenvalue weighted by atomic mass is 10.1. The molecule has 0 aromatic heterocycles. The van der Waals surface area contributed by atoms with Crippen LogP contribution in [0, 0.1) is 13.8 Å². The molecule has 1 aromatic carbocycles. The average molecular weight is 276 g/mol. The minimum Gasteiger partial charge on any atom is -0.326 e. The van der Waals surface area contributed by atoms with Crippen molar-refractivity contribution in [2.45, 2.75) is 47.0 Å². The molecule has 112 valence electrons. The molecule has 0 unspecified atom stereocenters. The number of para-hydroxylation sites is 1. The summed E-state index contributed by atoms with van der Waals surface area (Å²) in [5.74, 6) is 0.111. The number of nitrogens with zero attached hydrogens (tertiary/aromatic N) is 1. The monoisotopic (exact) mass is 276 g/mol. The number of rotatable bonds is 8. The van der Waals surface area contributed by atoms with E-state index in [0.29, 0.717) is 6.42 Å². The topological polar surface area (TPSA) is 32.3 Å². The van der Waals surface area contributed by atoms with Crippen LogP contribution in [0.1, 0.15) is 44.2 Å². The number of nitrogens with one attached hydrogen (secondary N) is 1. The third-order valence-corrected chi connectivity index (χ3v) is 3.48. The first-order chi connectivity index (χ1) is 9.58. The smallest absolute Gasteiger partial charge is 0.225 e. The third-order valence-electron chi connectivity index (χ3n) is 3.48. The van der Waals surface area contributed by atoms with Gasteiger partial charge in [0.15, 0.2) is 0 Å². The predicted octanol–water partition coefficient (Wildman–Crippen LogP) is 3.75. The van der Waals surface area contributed by atoms with Gasteiger partial charge in [0.05, 0.1) is 0 Å². The molecule has 0 spiro atoms. The van der Waals surface area contributed by atoms with Crippen molar-refractivity contribution >= 4 is 11.6 Å². The number of amides is 1. The highest BCUT2D eigenvalue weighted by Crippen LogP contribution is 2.19. The lowest BCUT2D eigenvalue weighted by molar-refractivity contribution is -0.116. The van der Waals surface area contributed by atoms with Gasteiger partial charge >= 0.3 is 0 Å². The maximum Gasteiger partial charge on any atom is 0.225 e. The Morgan fingerprint density at radius 2 is 1.60 bits per heavy atom. The second-order valence-electron chi connectivity index (χ2n) is 5.41. The van der Waals surface area contributed by atoms with Gasteiger partial charge in [-0.1, -0.05) is 32.0 Å². The third kappa shape index (κ3) is 5.33. The fourth-order valence-corrected chi connectivity index (χ4v) is 2.44. The van der Waals surface area contributed by atoms with E-state index in [4.69, 9.17) is 0 Å². The summed E-state index contributed by atoms with van der Waals surface area (Å²) in [6, 6.07) is 6.08. The second kappa shape index (κ2) is 8.75. The van der Waals surface area contributed by atoms with Crippen LogP contribution in [0.5, 0.6) is 0 Å². The molecule has 0 heterocycles. The van der Waals surface area contributed by atoms with E-state index in [0.717, 1.165) is 49.3 Å². The molecule has 1 N–H and O–H groups in total. The summed E-state index contributed by atoms with van der Waals surface area (Å²) in [6.07, 6.45) is 2.84. The first kappa shape index (κ1) is 16.7. The first-order valence-electron chi connectivity index (χ1n) is 7.66. The van der Waals surface area contributed by atoms with E-state index in [1.807, 2.05) is 32.0 Å². The molecule has 0 aliphatic rings. The SMILES string of the molecule is CCCN(CCC)CCC(=O)Nc1c(C)cccc1C. The number of benzene rings is 1. The summed E-state index contributed by atoms with van der Waals surface area (Å²) in [6.45, 7) is 11.4. The van der Waals surface area contributed by atoms with Crippen LogP contribution >= 0.6 is 0 Å². The molecule has 0 aliphatic heterocycles. The maximum absolute atomic E-state index is 12.1. The summed E-state index contributed by atoms with van der Waals surface area (Å²) >= 11 is 0. The zero-order valence-corrected chi connectivity index (χ0v) is 13.3. The summed E-state index contributed by atoms with van der Waals surface area (Å²) in [7, 11) is 0. The summed E-state index contributed by atoms with van der Waals surface area (Å²) < 4.78 is 0. The Kier molecular flexibility index (Phi) is 7.31. The number of hydrogen-bond acceptors (Lipinski definition) is 2. The van der Waals surface area contributed by atoms with Crippen LogP contribution in [0.2, 0.25) is 0 Å². The van der Waals surface area contributed by atoms with Gasteiger partial charge < -0.3 is 10.2 Å². The van der Waals surface area contributed by atoms with E-state index in [1.54, 1.807) is 0 Å². The summed E-state index contributed by atoms with van der Waals surface area (Å²) in [5.41, 5.74) is 3.21. The standard InChI is InChI=1S/C17H28N2O/c1-5-11-19(12-6-2)13-10-16(20)18-17-14(3)8-7-9-15(17)4/h7-9H,5-6,10-13H2,1-4H3,(H,18,20). The van der Waals surface area contributed by atoms with Gasteiger partial charge in [-0.2, -0.15) is 0 Å². The Bertz CT molecular complexity index is 403. The Morgan fingerprint density at radius 1 is 1.05 bits per heavy atom. The van der Waals surface area contributed by atoms with E-state index in [-0.39, 0.29) is 5.91 Å². The van der Waals surface area contributed by atoms with Gasteiger partial charge in [0.1, 0.15) is 0 Å². The molecule has 0 atom stereocenters. The molecule has 0 radical (unpaired) electrons. The zero-order chi connectivity index (χ0) is 15.0. The molecule has 0 bridgehead atoms. The van der Waals surface area contributed by atoms with E-state index < -0.39 is 0 Å². The van der Waals surface area contributed by atoms with Crippen LogP contribution in [-0.2, 0) is 4.79 Å². The summed E-state index contributed by atoms with van der Waals surface area (Å²) in [5, 5.41) is 3.05. The van der Waals surface area contributed by atoms with Crippen molar-refractivity contribution in [3.63, 3.8) is 0 Å². The minimum absolute atomic E-state index is 0.111. The van der Waals surface area contributed by atoms with Gasteiger partial charge in [-0.15, -0.1) is 0 Å². The summed E-state index contributed by atoms with van der Waals surface area (Å²) in [4.78, 5) is 14.5. The van der Waals surface area contributed by atoms with Gasteiger partial charge in [-0.05, 0) is 50.9 Å². The molecular formula is C17H28N2O. The minimum atomic E-state index is 0.111. The zero-order valence-electron chi connectivity index (χ0n) is 13.3. The Morgan fingerprint density at radius 3 is 2.10 bits per heavy atom. The van der Waals surface area contributed by atoms with Gasteiger partial charge in [0.25, 0.3) is 0 Å². The predicted molar refractivity (Wildman–Crippen MR) is 86.2 cm³/mol. The molecule has 1 aromatic rings. The molecule has 0 saturated heterocycles. The van der Waals surface area contributed by atoms with Crippen LogP contribution in [0.4, 0.5) is 5.69 Å². The van der Waals surface area contributed by atoms with Crippen LogP contribution in [0.25, 0.3) is 0 Å². The lowest BCUT2D eigenvalue weighted by Crippen LogP contribution is -2.29. The van der Waals surface area contributed by atoms with Crippen LogP contribution in [0.3, 0.4) is 0 Å². The van der Waals surface area contributed by atoms with Gasteiger partial charge in [-0.3, -0.25) is 4.79 Å². The normalized spacial score (nSPS) is 10.8. The molecule has 3 heteroatoms. The maximum atomic E-state index is 12.1. The number of anilines is 1. The molecule has 1 amide bonds. The van der Waals surface area contributed by atoms with Crippen molar-refractivity contribution in [1.29, 1.82) is 0 Å². The van der Waals surface area contributed by atoms with Crippen LogP contribution in [0.15, 0.2) is 18.2 Å². The fraction of sp³-hybridized carbons (Fsp3) is 0.588. The van der Waals surface area contributed by atoms with Crippen molar-refractivity contribution in [1.82, 2.24) is 4.90 Å². The van der Waals surface area contributed by atoms with E-state index >= 15 is 0 Å². The van der Waals surface area contributed by atoms with Crippen molar-refractivity contribution in [3.8, 4) is 0 Å². The molecule has 3 nitrogen and oxygen atoms in total. The van der Waals surface area contributed by atoms with Crippen LogP contribution in [-0.4, -0.2) is 30.4 Å². The average Bonchev–Trinajstić information content (AvgIpc) is 2.41. The molecule has 1 rings (SSSR count). The number of hydrogen-bond donors (Lipinski definition) is 1. The molecular weight excluding hydrogens is 248 g/mol. The van der Waals surface area contributed by atoms with E-state index in [2.05, 4.69) is 24.1 Å². The Labute approximate surface area is 123 Å². The molecule has 20 heavy (non-hydrogen) atoms. The lowest BCUT2D eigenvalue weighted by Gasteiger charge is -2.20. The highest BCUT2D eigenvalue weighted by molar-refractivity contribution is 5.92. The highest BCUT2D eigenvalue weighted by Gasteiger charge is 2.09. The fourth-order valence-electron chi connectivity index (χ4n) is 2.44. The van der Waals surface area contributed by atoms with E-state index in [9.17, 15) is 4.79 Å². The molecule has 0 aliphatic carbocycles. The number of carbonyl (C=O) groups is 1. The number of carbonyl (C=O) groups excluding carboxylic acids is 1. The van der Waals surface area contributed by atoms with Crippen molar-refractivity contribution < 1.29 is 4.79 Å². The molecule has 0 fully saturated rings. The highest BCUT2D eigenvalue weighted by atomic mass is 16.1. The second-order valence-corrected chi connectivity index (χ2v) is 5.41. The van der Waals surface area contributed by atoms with Crippen molar-refractivity contribution in [2.24, 2.45) is 0 Å². The number of aryl methyl sites for hydroxylation is 2.